The van der Waals surface area contributed by atoms with Crippen LogP contribution in [0.3, 0.4) is 0 Å². The van der Waals surface area contributed by atoms with Crippen LogP contribution in [0.25, 0.3) is 0 Å². The van der Waals surface area contributed by atoms with Gasteiger partial charge in [-0.05, 0) is 49.3 Å². The molecular formula is C19H28N2O2. The molecule has 4 nitrogen and oxygen atoms in total. The van der Waals surface area contributed by atoms with E-state index < -0.39 is 5.97 Å². The molecule has 1 aliphatic heterocycles. The second-order valence-corrected chi connectivity index (χ2v) is 7.18. The summed E-state index contributed by atoms with van der Waals surface area (Å²) in [7, 11) is 2.18. The van der Waals surface area contributed by atoms with Crippen LogP contribution in [0.15, 0.2) is 24.3 Å². The topological polar surface area (TPSA) is 43.8 Å². The third-order valence-corrected chi connectivity index (χ3v) is 5.31. The van der Waals surface area contributed by atoms with Crippen LogP contribution in [0.4, 0.5) is 0 Å². The van der Waals surface area contributed by atoms with Crippen molar-refractivity contribution in [3.8, 4) is 0 Å². The molecule has 2 fully saturated rings. The maximum atomic E-state index is 11.1. The summed E-state index contributed by atoms with van der Waals surface area (Å²) in [5.41, 5.74) is 2.57. The summed E-state index contributed by atoms with van der Waals surface area (Å²) in [5, 5.41) is 9.11. The molecule has 1 heterocycles. The second kappa shape index (κ2) is 7.45. The van der Waals surface area contributed by atoms with Crippen molar-refractivity contribution < 1.29 is 9.90 Å². The molecule has 1 atom stereocenters. The first-order valence-corrected chi connectivity index (χ1v) is 8.83. The minimum absolute atomic E-state index is 0.208. The first kappa shape index (κ1) is 16.5. The highest BCUT2D eigenvalue weighted by molar-refractivity contribution is 5.68. The molecule has 1 saturated heterocycles. The van der Waals surface area contributed by atoms with Gasteiger partial charge in [-0.15, -0.1) is 0 Å². The molecule has 0 aromatic heterocycles. The van der Waals surface area contributed by atoms with Crippen LogP contribution in [0, 0.1) is 5.92 Å². The van der Waals surface area contributed by atoms with E-state index in [1.54, 1.807) is 0 Å². The Bertz CT molecular complexity index is 517. The summed E-state index contributed by atoms with van der Waals surface area (Å²) in [6.07, 6.45) is 3.72. The van der Waals surface area contributed by atoms with Crippen molar-refractivity contribution in [2.24, 2.45) is 5.92 Å². The van der Waals surface area contributed by atoms with Gasteiger partial charge in [0.1, 0.15) is 0 Å². The number of aliphatic carboxylic acids is 1. The Kier molecular flexibility index (Phi) is 5.34. The summed E-state index contributed by atoms with van der Waals surface area (Å²) in [4.78, 5) is 16.0. The Morgan fingerprint density at radius 1 is 1.17 bits per heavy atom. The van der Waals surface area contributed by atoms with E-state index in [-0.39, 0.29) is 12.3 Å². The lowest BCUT2D eigenvalue weighted by molar-refractivity contribution is -0.137. The summed E-state index contributed by atoms with van der Waals surface area (Å²) in [6.45, 7) is 5.77. The molecule has 2 aliphatic rings. The van der Waals surface area contributed by atoms with E-state index in [4.69, 9.17) is 5.11 Å². The zero-order chi connectivity index (χ0) is 16.2. The van der Waals surface area contributed by atoms with Crippen LogP contribution >= 0.6 is 0 Å². The van der Waals surface area contributed by atoms with Gasteiger partial charge in [-0.2, -0.15) is 0 Å². The average Bonchev–Trinajstić information content (AvgIpc) is 3.37. The van der Waals surface area contributed by atoms with E-state index in [0.717, 1.165) is 39.1 Å². The highest BCUT2D eigenvalue weighted by atomic mass is 16.4. The largest absolute Gasteiger partial charge is 0.481 e. The monoisotopic (exact) mass is 316 g/mol. The normalized spacial score (nSPS) is 21.3. The van der Waals surface area contributed by atoms with E-state index in [2.05, 4.69) is 41.1 Å². The van der Waals surface area contributed by atoms with Gasteiger partial charge >= 0.3 is 5.97 Å². The smallest absolute Gasteiger partial charge is 0.303 e. The zero-order valence-corrected chi connectivity index (χ0v) is 14.1. The fourth-order valence-corrected chi connectivity index (χ4v) is 3.53. The number of likely N-dealkylation sites (N-methyl/N-ethyl adjacent to an activating group) is 1. The first-order valence-electron chi connectivity index (χ1n) is 8.83. The zero-order valence-electron chi connectivity index (χ0n) is 14.1. The molecule has 1 aliphatic carbocycles. The van der Waals surface area contributed by atoms with E-state index in [9.17, 15) is 4.79 Å². The summed E-state index contributed by atoms with van der Waals surface area (Å²) in [6, 6.07) is 8.71. The van der Waals surface area contributed by atoms with Crippen LogP contribution < -0.4 is 0 Å². The van der Waals surface area contributed by atoms with Crippen molar-refractivity contribution in [3.05, 3.63) is 35.4 Å². The molecule has 1 unspecified atom stereocenters. The predicted octanol–water partition coefficient (Wildman–Crippen LogP) is 2.44. The minimum atomic E-state index is -0.680. The number of hydrogen-bond acceptors (Lipinski definition) is 3. The Labute approximate surface area is 139 Å². The fourth-order valence-electron chi connectivity index (χ4n) is 3.53. The van der Waals surface area contributed by atoms with Gasteiger partial charge < -0.3 is 14.9 Å². The van der Waals surface area contributed by atoms with Crippen molar-refractivity contribution in [2.45, 2.75) is 31.6 Å². The Morgan fingerprint density at radius 3 is 2.39 bits per heavy atom. The van der Waals surface area contributed by atoms with Crippen LogP contribution in [-0.4, -0.2) is 60.6 Å². The lowest BCUT2D eigenvalue weighted by Crippen LogP contribution is -2.45. The molecule has 1 aromatic rings. The number of carboxylic acid groups (broad SMARTS) is 1. The predicted molar refractivity (Wildman–Crippen MR) is 91.8 cm³/mol. The quantitative estimate of drug-likeness (QED) is 0.839. The van der Waals surface area contributed by atoms with E-state index in [1.165, 1.54) is 24.0 Å². The van der Waals surface area contributed by atoms with Crippen LogP contribution in [0.1, 0.15) is 36.3 Å². The van der Waals surface area contributed by atoms with Crippen molar-refractivity contribution in [3.63, 3.8) is 0 Å². The lowest BCUT2D eigenvalue weighted by Gasteiger charge is -2.32. The van der Waals surface area contributed by atoms with E-state index in [1.807, 2.05) is 0 Å². The van der Waals surface area contributed by atoms with Gasteiger partial charge in [0.2, 0.25) is 0 Å². The van der Waals surface area contributed by atoms with Crippen LogP contribution in [0.2, 0.25) is 0 Å². The average molecular weight is 316 g/mol. The fraction of sp³-hybridized carbons (Fsp3) is 0.632. The molecule has 1 N–H and O–H groups in total. The molecule has 1 aromatic carbocycles. The molecule has 126 valence electrons. The number of rotatable bonds is 7. The molecule has 4 heteroatoms. The van der Waals surface area contributed by atoms with Gasteiger partial charge in [0.15, 0.2) is 0 Å². The van der Waals surface area contributed by atoms with Gasteiger partial charge in [-0.1, -0.05) is 24.3 Å². The molecule has 1 saturated carbocycles. The van der Waals surface area contributed by atoms with Crippen molar-refractivity contribution in [2.75, 3.05) is 39.8 Å². The molecule has 0 bridgehead atoms. The van der Waals surface area contributed by atoms with Gasteiger partial charge in [0.25, 0.3) is 0 Å². The van der Waals surface area contributed by atoms with Crippen LogP contribution in [0.5, 0.6) is 0 Å². The van der Waals surface area contributed by atoms with Crippen LogP contribution in [-0.2, 0) is 11.2 Å². The van der Waals surface area contributed by atoms with Gasteiger partial charge in [0.05, 0.1) is 6.42 Å². The third kappa shape index (κ3) is 4.79. The van der Waals surface area contributed by atoms with Gasteiger partial charge in [-0.25, -0.2) is 0 Å². The van der Waals surface area contributed by atoms with E-state index in [0.29, 0.717) is 5.92 Å². The van der Waals surface area contributed by atoms with Crippen molar-refractivity contribution in [1.82, 2.24) is 9.80 Å². The molecule has 3 rings (SSSR count). The SMILES string of the molecule is CN1CCN(CCc2ccc(C(CC(=O)O)C3CC3)cc2)CC1. The van der Waals surface area contributed by atoms with Crippen molar-refractivity contribution >= 4 is 5.97 Å². The Hall–Kier alpha value is -1.39. The summed E-state index contributed by atoms with van der Waals surface area (Å²) < 4.78 is 0. The maximum Gasteiger partial charge on any atom is 0.303 e. The van der Waals surface area contributed by atoms with Crippen molar-refractivity contribution in [1.29, 1.82) is 0 Å². The molecule has 0 amide bonds. The summed E-state index contributed by atoms with van der Waals surface area (Å²) >= 11 is 0. The highest BCUT2D eigenvalue weighted by Crippen LogP contribution is 2.44. The number of benzene rings is 1. The molecule has 0 spiro atoms. The second-order valence-electron chi connectivity index (χ2n) is 7.18. The first-order chi connectivity index (χ1) is 11.1. The standard InChI is InChI=1S/C19H28N2O2/c1-20-10-12-21(13-11-20)9-8-15-2-4-16(5-3-15)18(14-19(22)23)17-6-7-17/h2-5,17-18H,6-14H2,1H3,(H,22,23). The molecular weight excluding hydrogens is 288 g/mol. The maximum absolute atomic E-state index is 11.1. The van der Waals surface area contributed by atoms with E-state index >= 15 is 0 Å². The minimum Gasteiger partial charge on any atom is -0.481 e. The molecule has 23 heavy (non-hydrogen) atoms. The number of carbonyl (C=O) groups is 1. The molecule has 0 radical (unpaired) electrons. The van der Waals surface area contributed by atoms with Gasteiger partial charge in [-0.3, -0.25) is 4.79 Å². The third-order valence-electron chi connectivity index (χ3n) is 5.31. The number of nitrogens with zero attached hydrogens (tertiary/aromatic N) is 2. The summed E-state index contributed by atoms with van der Waals surface area (Å²) in [5.74, 6) is 0.113. The number of hydrogen-bond donors (Lipinski definition) is 1. The van der Waals surface area contributed by atoms with Gasteiger partial charge in [0, 0.05) is 32.7 Å². The lowest BCUT2D eigenvalue weighted by atomic mass is 9.90. The Balaban J connectivity index is 1.53. The number of carboxylic acids is 1. The Morgan fingerprint density at radius 2 is 1.83 bits per heavy atom. The highest BCUT2D eigenvalue weighted by Gasteiger charge is 2.33. The number of piperazine rings is 1.